The second-order valence-electron chi connectivity index (χ2n) is 7.53. The Labute approximate surface area is 201 Å². The second kappa shape index (κ2) is 10.5. The van der Waals surface area contributed by atoms with E-state index in [2.05, 4.69) is 0 Å². The van der Waals surface area contributed by atoms with Gasteiger partial charge in [0.2, 0.25) is 6.10 Å². The monoisotopic (exact) mass is 478 g/mol. The van der Waals surface area contributed by atoms with Crippen LogP contribution in [0.3, 0.4) is 0 Å². The maximum Gasteiger partial charge on any atom is 0.348 e. The fourth-order valence-electron chi connectivity index (χ4n) is 3.44. The normalized spacial score (nSPS) is 11.7. The van der Waals surface area contributed by atoms with Crippen molar-refractivity contribution in [3.05, 3.63) is 118 Å². The smallest absolute Gasteiger partial charge is 0.348 e. The van der Waals surface area contributed by atoms with Crippen LogP contribution >= 0.6 is 23.2 Å². The molecule has 0 unspecified atom stereocenters. The van der Waals surface area contributed by atoms with Crippen LogP contribution < -0.4 is 0 Å². The van der Waals surface area contributed by atoms with Gasteiger partial charge in [-0.2, -0.15) is 0 Å². The van der Waals surface area contributed by atoms with E-state index in [9.17, 15) is 9.59 Å². The Kier molecular flexibility index (Phi) is 7.28. The third kappa shape index (κ3) is 6.13. The molecule has 1 atom stereocenters. The Morgan fingerprint density at radius 2 is 1.39 bits per heavy atom. The van der Waals surface area contributed by atoms with Crippen LogP contribution in [-0.4, -0.2) is 18.0 Å². The van der Waals surface area contributed by atoms with E-state index in [1.807, 2.05) is 72.8 Å². The van der Waals surface area contributed by atoms with Gasteiger partial charge in [0.05, 0.1) is 5.56 Å². The lowest BCUT2D eigenvalue weighted by atomic mass is 10.0. The lowest BCUT2D eigenvalue weighted by Gasteiger charge is -2.18. The van der Waals surface area contributed by atoms with Gasteiger partial charge in [0, 0.05) is 16.5 Å². The van der Waals surface area contributed by atoms with Gasteiger partial charge in [-0.25, -0.2) is 9.59 Å². The van der Waals surface area contributed by atoms with E-state index in [1.165, 1.54) is 18.2 Å². The highest BCUT2D eigenvalue weighted by atomic mass is 35.5. The molecule has 33 heavy (non-hydrogen) atoms. The standard InChI is InChI=1S/C27H20Cl2O4/c28-23-14-22(15-24(29)16-23)26(30)33-25(27(31)32-17-18-6-2-1-3-7-18)13-19-10-11-20-8-4-5-9-21(20)12-19/h1-12,14-16,25H,13,17H2/t25-/m1/s1. The molecule has 0 fully saturated rings. The molecular formula is C27H20Cl2O4. The summed E-state index contributed by atoms with van der Waals surface area (Å²) in [7, 11) is 0. The second-order valence-corrected chi connectivity index (χ2v) is 8.40. The average molecular weight is 479 g/mol. The first kappa shape index (κ1) is 22.8. The number of hydrogen-bond acceptors (Lipinski definition) is 4. The highest BCUT2D eigenvalue weighted by Gasteiger charge is 2.26. The maximum atomic E-state index is 12.9. The van der Waals surface area contributed by atoms with E-state index in [1.54, 1.807) is 0 Å². The van der Waals surface area contributed by atoms with Gasteiger partial charge in [0.25, 0.3) is 0 Å². The fourth-order valence-corrected chi connectivity index (χ4v) is 3.97. The number of halogens is 2. The molecule has 4 nitrogen and oxygen atoms in total. The molecule has 0 bridgehead atoms. The summed E-state index contributed by atoms with van der Waals surface area (Å²) in [5.41, 5.74) is 1.84. The summed E-state index contributed by atoms with van der Waals surface area (Å²) in [5.74, 6) is -1.34. The molecule has 0 N–H and O–H groups in total. The molecule has 0 spiro atoms. The third-order valence-corrected chi connectivity index (χ3v) is 5.51. The van der Waals surface area contributed by atoms with E-state index in [-0.39, 0.29) is 18.6 Å². The fraction of sp³-hybridized carbons (Fsp3) is 0.111. The molecule has 0 heterocycles. The summed E-state index contributed by atoms with van der Waals surface area (Å²) in [4.78, 5) is 25.7. The number of benzene rings is 4. The van der Waals surface area contributed by atoms with E-state index in [4.69, 9.17) is 32.7 Å². The van der Waals surface area contributed by atoms with Crippen molar-refractivity contribution in [2.75, 3.05) is 0 Å². The molecule has 0 aliphatic heterocycles. The molecule has 0 aliphatic rings. The zero-order chi connectivity index (χ0) is 23.2. The minimum absolute atomic E-state index is 0.0778. The molecule has 0 saturated carbocycles. The highest BCUT2D eigenvalue weighted by Crippen LogP contribution is 2.22. The van der Waals surface area contributed by atoms with Crippen molar-refractivity contribution >= 4 is 45.9 Å². The summed E-state index contributed by atoms with van der Waals surface area (Å²) in [6.07, 6.45) is -0.974. The number of carbonyl (C=O) groups excluding carboxylic acids is 2. The van der Waals surface area contributed by atoms with E-state index in [0.29, 0.717) is 10.0 Å². The Hall–Kier alpha value is -3.34. The van der Waals surface area contributed by atoms with Crippen LogP contribution in [0.2, 0.25) is 10.0 Å². The van der Waals surface area contributed by atoms with Gasteiger partial charge in [-0.1, -0.05) is 96.0 Å². The van der Waals surface area contributed by atoms with Gasteiger partial charge in [-0.3, -0.25) is 0 Å². The van der Waals surface area contributed by atoms with Gasteiger partial charge in [0.15, 0.2) is 0 Å². The van der Waals surface area contributed by atoms with E-state index >= 15 is 0 Å². The Morgan fingerprint density at radius 3 is 2.12 bits per heavy atom. The molecule has 0 amide bonds. The van der Waals surface area contributed by atoms with Crippen molar-refractivity contribution in [1.82, 2.24) is 0 Å². The Balaban J connectivity index is 1.55. The predicted molar refractivity (Wildman–Crippen MR) is 130 cm³/mol. The Bertz CT molecular complexity index is 1270. The van der Waals surface area contributed by atoms with Gasteiger partial charge >= 0.3 is 11.9 Å². The molecule has 0 aliphatic carbocycles. The van der Waals surface area contributed by atoms with E-state index in [0.717, 1.165) is 21.9 Å². The minimum atomic E-state index is -1.14. The van der Waals surface area contributed by atoms with Gasteiger partial charge in [-0.05, 0) is 40.1 Å². The van der Waals surface area contributed by atoms with Crippen LogP contribution in [0, 0.1) is 0 Å². The molecular weight excluding hydrogens is 459 g/mol. The number of fused-ring (bicyclic) bond motifs is 1. The van der Waals surface area contributed by atoms with Crippen molar-refractivity contribution in [1.29, 1.82) is 0 Å². The van der Waals surface area contributed by atoms with Crippen molar-refractivity contribution in [2.24, 2.45) is 0 Å². The summed E-state index contributed by atoms with van der Waals surface area (Å²) in [6.45, 7) is 0.0778. The third-order valence-electron chi connectivity index (χ3n) is 5.07. The minimum Gasteiger partial charge on any atom is -0.458 e. The number of hydrogen-bond donors (Lipinski definition) is 0. The molecule has 6 heteroatoms. The summed E-state index contributed by atoms with van der Waals surface area (Å²) in [6, 6.07) is 27.5. The van der Waals surface area contributed by atoms with Crippen molar-refractivity contribution in [3.8, 4) is 0 Å². The molecule has 4 aromatic carbocycles. The first-order chi connectivity index (χ1) is 16.0. The summed E-state index contributed by atoms with van der Waals surface area (Å²) < 4.78 is 11.0. The Morgan fingerprint density at radius 1 is 0.727 bits per heavy atom. The predicted octanol–water partition coefficient (Wildman–Crippen LogP) is 6.66. The zero-order valence-electron chi connectivity index (χ0n) is 17.5. The van der Waals surface area contributed by atoms with Crippen LogP contribution in [-0.2, 0) is 27.3 Å². The lowest BCUT2D eigenvalue weighted by molar-refractivity contribution is -0.155. The van der Waals surface area contributed by atoms with E-state index < -0.39 is 18.0 Å². The molecule has 0 saturated heterocycles. The topological polar surface area (TPSA) is 52.6 Å². The van der Waals surface area contributed by atoms with Crippen molar-refractivity contribution < 1.29 is 19.1 Å². The lowest BCUT2D eigenvalue weighted by Crippen LogP contribution is -2.31. The van der Waals surface area contributed by atoms with Crippen molar-refractivity contribution in [3.63, 3.8) is 0 Å². The molecule has 4 rings (SSSR count). The highest BCUT2D eigenvalue weighted by molar-refractivity contribution is 6.35. The van der Waals surface area contributed by atoms with Crippen LogP contribution in [0.4, 0.5) is 0 Å². The molecule has 4 aromatic rings. The van der Waals surface area contributed by atoms with Gasteiger partial charge < -0.3 is 9.47 Å². The van der Waals surface area contributed by atoms with Crippen LogP contribution in [0.25, 0.3) is 10.8 Å². The number of ether oxygens (including phenoxy) is 2. The number of carbonyl (C=O) groups is 2. The SMILES string of the molecule is O=C(O[C@H](Cc1ccc2ccccc2c1)C(=O)OCc1ccccc1)c1cc(Cl)cc(Cl)c1. The summed E-state index contributed by atoms with van der Waals surface area (Å²) in [5, 5.41) is 2.70. The summed E-state index contributed by atoms with van der Waals surface area (Å²) >= 11 is 12.0. The number of rotatable bonds is 7. The largest absolute Gasteiger partial charge is 0.458 e. The molecule has 0 radical (unpaired) electrons. The number of esters is 2. The molecule has 0 aromatic heterocycles. The first-order valence-electron chi connectivity index (χ1n) is 10.3. The van der Waals surface area contributed by atoms with Crippen LogP contribution in [0.1, 0.15) is 21.5 Å². The van der Waals surface area contributed by atoms with Gasteiger partial charge in [0.1, 0.15) is 6.61 Å². The quantitative estimate of drug-likeness (QED) is 0.278. The zero-order valence-corrected chi connectivity index (χ0v) is 19.1. The van der Waals surface area contributed by atoms with Crippen LogP contribution in [0.15, 0.2) is 91.0 Å². The molecule has 166 valence electrons. The average Bonchev–Trinajstić information content (AvgIpc) is 2.82. The first-order valence-corrected chi connectivity index (χ1v) is 11.1. The van der Waals surface area contributed by atoms with Gasteiger partial charge in [-0.15, -0.1) is 0 Å². The maximum absolute atomic E-state index is 12.9. The van der Waals surface area contributed by atoms with Crippen molar-refractivity contribution in [2.45, 2.75) is 19.1 Å². The van der Waals surface area contributed by atoms with Crippen LogP contribution in [0.5, 0.6) is 0 Å².